The van der Waals surface area contributed by atoms with Gasteiger partial charge in [-0.3, -0.25) is 0 Å². The van der Waals surface area contributed by atoms with Gasteiger partial charge in [-0.15, -0.1) is 0 Å². The van der Waals surface area contributed by atoms with Gasteiger partial charge in [-0.2, -0.15) is 0 Å². The third-order valence-electron chi connectivity index (χ3n) is 3.19. The van der Waals surface area contributed by atoms with Gasteiger partial charge in [0.05, 0.1) is 11.2 Å². The van der Waals surface area contributed by atoms with Gasteiger partial charge in [0, 0.05) is 17.1 Å². The molecule has 0 spiro atoms. The van der Waals surface area contributed by atoms with E-state index in [2.05, 4.69) is 23.8 Å². The zero-order chi connectivity index (χ0) is 13.1. The predicted molar refractivity (Wildman–Crippen MR) is 77.3 cm³/mol. The Morgan fingerprint density at radius 1 is 1.17 bits per heavy atom. The van der Waals surface area contributed by atoms with Crippen LogP contribution in [0.1, 0.15) is 23.6 Å². The van der Waals surface area contributed by atoms with Gasteiger partial charge in [-0.25, -0.2) is 9.97 Å². The minimum Gasteiger partial charge on any atom is -0.396 e. The second kappa shape index (κ2) is 5.00. The quantitative estimate of drug-likeness (QED) is 0.645. The van der Waals surface area contributed by atoms with Crippen molar-refractivity contribution < 1.29 is 0 Å². The van der Waals surface area contributed by atoms with E-state index < -0.39 is 0 Å². The van der Waals surface area contributed by atoms with Crippen LogP contribution in [-0.4, -0.2) is 9.97 Å². The fourth-order valence-corrected chi connectivity index (χ4v) is 2.03. The number of fused-ring (bicyclic) bond motifs is 1. The first-order valence-corrected chi connectivity index (χ1v) is 5.94. The predicted octanol–water partition coefficient (Wildman–Crippen LogP) is 3.42. The first-order chi connectivity index (χ1) is 8.66. The number of allylic oxidation sites excluding steroid dienone is 3. The van der Waals surface area contributed by atoms with Crippen LogP contribution in [0.4, 0.5) is 5.69 Å². The van der Waals surface area contributed by atoms with Crippen molar-refractivity contribution in [2.45, 2.75) is 20.8 Å². The molecule has 0 saturated heterocycles. The molecule has 2 rings (SSSR count). The lowest BCUT2D eigenvalue weighted by atomic mass is 9.97. The molecule has 0 amide bonds. The third-order valence-corrected chi connectivity index (χ3v) is 3.19. The summed E-state index contributed by atoms with van der Waals surface area (Å²) < 4.78 is 0. The van der Waals surface area contributed by atoms with Gasteiger partial charge in [0.1, 0.15) is 6.33 Å². The normalized spacial score (nSPS) is 11.9. The maximum absolute atomic E-state index is 6.21. The summed E-state index contributed by atoms with van der Waals surface area (Å²) in [5.74, 6) is 0. The summed E-state index contributed by atoms with van der Waals surface area (Å²) in [6.07, 6.45) is 11.3. The number of aromatic nitrogens is 2. The van der Waals surface area contributed by atoms with Gasteiger partial charge in [0.15, 0.2) is 0 Å². The third kappa shape index (κ3) is 1.99. The lowest BCUT2D eigenvalue weighted by Crippen LogP contribution is -1.99. The van der Waals surface area contributed by atoms with E-state index in [0.29, 0.717) is 0 Å². The lowest BCUT2D eigenvalue weighted by molar-refractivity contribution is 1.21. The summed E-state index contributed by atoms with van der Waals surface area (Å²) in [6.45, 7) is 6.14. The van der Waals surface area contributed by atoms with Crippen LogP contribution in [0.3, 0.4) is 0 Å². The Hall–Kier alpha value is -2.16. The van der Waals surface area contributed by atoms with E-state index >= 15 is 0 Å². The smallest absolute Gasteiger partial charge is 0.116 e. The second-order valence-electron chi connectivity index (χ2n) is 4.25. The van der Waals surface area contributed by atoms with Gasteiger partial charge in [0.2, 0.25) is 0 Å². The first-order valence-electron chi connectivity index (χ1n) is 5.94. The number of anilines is 1. The molecule has 0 saturated carbocycles. The molecule has 92 valence electrons. The summed E-state index contributed by atoms with van der Waals surface area (Å²) >= 11 is 0. The molecule has 0 fully saturated rings. The average Bonchev–Trinajstić information content (AvgIpc) is 2.40. The number of nitrogen functional groups attached to an aromatic ring is 1. The van der Waals surface area contributed by atoms with E-state index in [9.17, 15) is 0 Å². The van der Waals surface area contributed by atoms with Crippen LogP contribution in [0, 0.1) is 13.8 Å². The fourth-order valence-electron chi connectivity index (χ4n) is 2.03. The maximum atomic E-state index is 6.21. The van der Waals surface area contributed by atoms with Crippen LogP contribution in [0.5, 0.6) is 0 Å². The number of benzene rings is 1. The number of nitrogens with zero attached hydrogens (tertiary/aromatic N) is 2. The van der Waals surface area contributed by atoms with E-state index in [4.69, 9.17) is 5.73 Å². The SMILES string of the molecule is C/C=C\C=C/c1c(C)c(C)c2cncnc2c1N. The number of rotatable bonds is 2. The minimum atomic E-state index is 0.719. The Bertz CT molecular complexity index is 640. The number of aryl methyl sites for hydroxylation is 1. The van der Waals surface area contributed by atoms with E-state index in [1.165, 1.54) is 17.5 Å². The van der Waals surface area contributed by atoms with Crippen LogP contribution < -0.4 is 5.73 Å². The summed E-state index contributed by atoms with van der Waals surface area (Å²) in [5.41, 5.74) is 11.1. The van der Waals surface area contributed by atoms with Crippen molar-refractivity contribution in [1.29, 1.82) is 0 Å². The molecule has 0 aliphatic heterocycles. The van der Waals surface area contributed by atoms with Crippen LogP contribution in [0.2, 0.25) is 0 Å². The summed E-state index contributed by atoms with van der Waals surface area (Å²) in [4.78, 5) is 8.35. The minimum absolute atomic E-state index is 0.719. The molecule has 0 bridgehead atoms. The molecular formula is C15H17N3. The van der Waals surface area contributed by atoms with Crippen LogP contribution in [-0.2, 0) is 0 Å². The van der Waals surface area contributed by atoms with Gasteiger partial charge < -0.3 is 5.73 Å². The van der Waals surface area contributed by atoms with Crippen LogP contribution in [0.25, 0.3) is 17.0 Å². The molecule has 0 aliphatic carbocycles. The van der Waals surface area contributed by atoms with Crippen molar-refractivity contribution in [3.05, 3.63) is 47.4 Å². The standard InChI is InChI=1S/C15H17N3/c1-4-5-6-7-12-10(2)11(3)13-8-17-9-18-15(13)14(12)16/h4-9H,16H2,1-3H3/b5-4-,7-6-. The average molecular weight is 239 g/mol. The van der Waals surface area contributed by atoms with Crippen molar-refractivity contribution in [3.8, 4) is 0 Å². The molecule has 1 heterocycles. The second-order valence-corrected chi connectivity index (χ2v) is 4.25. The number of hydrogen-bond acceptors (Lipinski definition) is 3. The Morgan fingerprint density at radius 3 is 2.67 bits per heavy atom. The van der Waals surface area contributed by atoms with Gasteiger partial charge in [-0.1, -0.05) is 24.3 Å². The Balaban J connectivity index is 2.74. The molecule has 3 heteroatoms. The highest BCUT2D eigenvalue weighted by Crippen LogP contribution is 2.30. The van der Waals surface area contributed by atoms with Gasteiger partial charge in [-0.05, 0) is 31.9 Å². The largest absolute Gasteiger partial charge is 0.396 e. The molecule has 0 atom stereocenters. The van der Waals surface area contributed by atoms with Crippen molar-refractivity contribution >= 4 is 22.7 Å². The van der Waals surface area contributed by atoms with E-state index in [1.807, 2.05) is 37.4 Å². The first kappa shape index (κ1) is 12.3. The zero-order valence-electron chi connectivity index (χ0n) is 10.9. The van der Waals surface area contributed by atoms with Crippen molar-refractivity contribution in [3.63, 3.8) is 0 Å². The molecule has 3 nitrogen and oxygen atoms in total. The summed E-state index contributed by atoms with van der Waals surface area (Å²) in [5, 5.41) is 1.02. The zero-order valence-corrected chi connectivity index (χ0v) is 10.9. The van der Waals surface area contributed by atoms with Crippen molar-refractivity contribution in [1.82, 2.24) is 9.97 Å². The Morgan fingerprint density at radius 2 is 1.94 bits per heavy atom. The highest BCUT2D eigenvalue weighted by Gasteiger charge is 2.11. The molecule has 1 aromatic heterocycles. The molecule has 0 aliphatic rings. The highest BCUT2D eigenvalue weighted by atomic mass is 14.8. The van der Waals surface area contributed by atoms with Crippen LogP contribution in [0.15, 0.2) is 30.8 Å². The Kier molecular flexibility index (Phi) is 3.42. The number of hydrogen-bond donors (Lipinski definition) is 1. The summed E-state index contributed by atoms with van der Waals surface area (Å²) in [7, 11) is 0. The fraction of sp³-hybridized carbons (Fsp3) is 0.200. The molecule has 18 heavy (non-hydrogen) atoms. The van der Waals surface area contributed by atoms with E-state index in [-0.39, 0.29) is 0 Å². The van der Waals surface area contributed by atoms with E-state index in [1.54, 1.807) is 0 Å². The highest BCUT2D eigenvalue weighted by molar-refractivity contribution is 5.97. The maximum Gasteiger partial charge on any atom is 0.116 e. The monoisotopic (exact) mass is 239 g/mol. The van der Waals surface area contributed by atoms with Crippen molar-refractivity contribution in [2.24, 2.45) is 0 Å². The molecule has 1 aromatic carbocycles. The molecule has 0 unspecified atom stereocenters. The Labute approximate surface area is 107 Å². The van der Waals surface area contributed by atoms with Crippen LogP contribution >= 0.6 is 0 Å². The topological polar surface area (TPSA) is 51.8 Å². The molecule has 0 radical (unpaired) electrons. The van der Waals surface area contributed by atoms with Gasteiger partial charge in [0.25, 0.3) is 0 Å². The van der Waals surface area contributed by atoms with E-state index in [0.717, 1.165) is 22.2 Å². The molecule has 2 N–H and O–H groups in total. The summed E-state index contributed by atoms with van der Waals surface area (Å²) in [6, 6.07) is 0. The lowest BCUT2D eigenvalue weighted by Gasteiger charge is -2.12. The van der Waals surface area contributed by atoms with Gasteiger partial charge >= 0.3 is 0 Å². The molecule has 2 aromatic rings. The molecular weight excluding hydrogens is 222 g/mol. The number of nitrogens with two attached hydrogens (primary N) is 1. The van der Waals surface area contributed by atoms with Crippen molar-refractivity contribution in [2.75, 3.05) is 5.73 Å².